The molecule has 1 heterocycles. The molecule has 1 amide bonds. The fraction of sp³-hybridized carbons (Fsp3) is 0.0909. The van der Waals surface area contributed by atoms with Crippen LogP contribution in [0.25, 0.3) is 0 Å². The molecule has 0 aliphatic rings. The first-order valence-corrected chi connectivity index (χ1v) is 4.98. The third kappa shape index (κ3) is 2.81. The van der Waals surface area contributed by atoms with E-state index in [9.17, 15) is 9.18 Å². The first-order chi connectivity index (χ1) is 8.15. The zero-order chi connectivity index (χ0) is 12.3. The second-order valence-electron chi connectivity index (χ2n) is 3.51. The molecular weight excluding hydrogens is 223 g/mol. The average molecular weight is 234 g/mol. The van der Waals surface area contributed by atoms with Gasteiger partial charge < -0.3 is 11.1 Å². The fourth-order valence-electron chi connectivity index (χ4n) is 1.38. The number of aromatic amines is 1. The van der Waals surface area contributed by atoms with Gasteiger partial charge in [-0.3, -0.25) is 9.89 Å². The van der Waals surface area contributed by atoms with E-state index in [1.54, 1.807) is 12.1 Å². The number of halogens is 1. The Morgan fingerprint density at radius 3 is 2.94 bits per heavy atom. The van der Waals surface area contributed by atoms with Gasteiger partial charge in [-0.05, 0) is 18.2 Å². The van der Waals surface area contributed by atoms with Crippen LogP contribution in [-0.4, -0.2) is 16.1 Å². The van der Waals surface area contributed by atoms with Gasteiger partial charge in [0.15, 0.2) is 0 Å². The molecule has 0 bridgehead atoms. The molecule has 0 spiro atoms. The van der Waals surface area contributed by atoms with Crippen molar-refractivity contribution in [2.24, 2.45) is 0 Å². The van der Waals surface area contributed by atoms with Crippen molar-refractivity contribution < 1.29 is 9.18 Å². The summed E-state index contributed by atoms with van der Waals surface area (Å²) in [7, 11) is 0. The lowest BCUT2D eigenvalue weighted by Crippen LogP contribution is -2.23. The second kappa shape index (κ2) is 4.65. The van der Waals surface area contributed by atoms with E-state index in [-0.39, 0.29) is 18.0 Å². The van der Waals surface area contributed by atoms with E-state index in [2.05, 4.69) is 15.5 Å². The highest BCUT2D eigenvalue weighted by molar-refractivity contribution is 5.94. The van der Waals surface area contributed by atoms with Crippen molar-refractivity contribution in [1.82, 2.24) is 15.5 Å². The monoisotopic (exact) mass is 234 g/mol. The lowest BCUT2D eigenvalue weighted by atomic mass is 10.2. The van der Waals surface area contributed by atoms with Gasteiger partial charge in [0.25, 0.3) is 5.91 Å². The third-order valence-corrected chi connectivity index (χ3v) is 2.18. The summed E-state index contributed by atoms with van der Waals surface area (Å²) in [6.45, 7) is 0.263. The van der Waals surface area contributed by atoms with E-state index in [0.717, 1.165) is 0 Å². The second-order valence-corrected chi connectivity index (χ2v) is 3.51. The number of nitrogens with one attached hydrogen (secondary N) is 2. The van der Waals surface area contributed by atoms with Gasteiger partial charge in [0.05, 0.1) is 12.2 Å². The molecule has 0 saturated carbocycles. The number of hydrogen-bond donors (Lipinski definition) is 3. The average Bonchev–Trinajstić information content (AvgIpc) is 2.72. The number of rotatable bonds is 3. The molecule has 1 aromatic carbocycles. The summed E-state index contributed by atoms with van der Waals surface area (Å²) in [5, 5.41) is 9.01. The van der Waals surface area contributed by atoms with Gasteiger partial charge in [0, 0.05) is 11.6 Å². The van der Waals surface area contributed by atoms with Crippen LogP contribution in [0.1, 0.15) is 16.1 Å². The smallest absolute Gasteiger partial charge is 0.251 e. The molecule has 1 aromatic heterocycles. The molecule has 4 N–H and O–H groups in total. The largest absolute Gasteiger partial charge is 0.382 e. The molecule has 2 rings (SSSR count). The molecule has 0 aliphatic heterocycles. The van der Waals surface area contributed by atoms with Gasteiger partial charge in [0.1, 0.15) is 11.6 Å². The van der Waals surface area contributed by atoms with Gasteiger partial charge in [-0.2, -0.15) is 5.10 Å². The Morgan fingerprint density at radius 1 is 1.47 bits per heavy atom. The summed E-state index contributed by atoms with van der Waals surface area (Å²) in [6, 6.07) is 7.10. The Morgan fingerprint density at radius 2 is 2.29 bits per heavy atom. The molecule has 2 aromatic rings. The molecule has 5 nitrogen and oxygen atoms in total. The van der Waals surface area contributed by atoms with Crippen molar-refractivity contribution in [3.05, 3.63) is 47.4 Å². The summed E-state index contributed by atoms with van der Waals surface area (Å²) in [4.78, 5) is 11.6. The predicted octanol–water partition coefficient (Wildman–Crippen LogP) is 1.06. The molecule has 0 aliphatic carbocycles. The van der Waals surface area contributed by atoms with Gasteiger partial charge >= 0.3 is 0 Å². The minimum atomic E-state index is -0.441. The van der Waals surface area contributed by atoms with E-state index < -0.39 is 5.82 Å². The summed E-state index contributed by atoms with van der Waals surface area (Å²) >= 11 is 0. The molecule has 6 heteroatoms. The van der Waals surface area contributed by atoms with Crippen LogP contribution in [0.15, 0.2) is 30.3 Å². The van der Waals surface area contributed by atoms with Crippen LogP contribution in [0, 0.1) is 5.82 Å². The lowest BCUT2D eigenvalue weighted by Gasteiger charge is -2.03. The predicted molar refractivity (Wildman–Crippen MR) is 60.6 cm³/mol. The quantitative estimate of drug-likeness (QED) is 0.742. The Bertz CT molecular complexity index is 538. The minimum Gasteiger partial charge on any atom is -0.382 e. The van der Waals surface area contributed by atoms with Crippen molar-refractivity contribution in [3.63, 3.8) is 0 Å². The maximum Gasteiger partial charge on any atom is 0.251 e. The van der Waals surface area contributed by atoms with Crippen LogP contribution in [0.3, 0.4) is 0 Å². The Labute approximate surface area is 96.8 Å². The number of aromatic nitrogens is 2. The number of carbonyl (C=O) groups is 1. The van der Waals surface area contributed by atoms with E-state index in [4.69, 9.17) is 5.73 Å². The number of nitrogen functional groups attached to an aromatic ring is 1. The van der Waals surface area contributed by atoms with Crippen molar-refractivity contribution in [3.8, 4) is 0 Å². The van der Waals surface area contributed by atoms with E-state index in [0.29, 0.717) is 11.5 Å². The molecule has 0 atom stereocenters. The van der Waals surface area contributed by atoms with Gasteiger partial charge in [-0.25, -0.2) is 4.39 Å². The van der Waals surface area contributed by atoms with Crippen molar-refractivity contribution in [2.75, 3.05) is 5.73 Å². The minimum absolute atomic E-state index is 0.263. The van der Waals surface area contributed by atoms with E-state index in [1.807, 2.05) is 0 Å². The first kappa shape index (κ1) is 11.1. The van der Waals surface area contributed by atoms with Crippen LogP contribution >= 0.6 is 0 Å². The van der Waals surface area contributed by atoms with Crippen LogP contribution in [0.2, 0.25) is 0 Å². The van der Waals surface area contributed by atoms with E-state index in [1.165, 1.54) is 18.2 Å². The normalized spacial score (nSPS) is 10.2. The number of anilines is 1. The van der Waals surface area contributed by atoms with Crippen molar-refractivity contribution >= 4 is 11.7 Å². The lowest BCUT2D eigenvalue weighted by molar-refractivity contribution is 0.0950. The number of benzene rings is 1. The number of nitrogens with zero attached hydrogens (tertiary/aromatic N) is 1. The third-order valence-electron chi connectivity index (χ3n) is 2.18. The molecule has 0 radical (unpaired) electrons. The fourth-order valence-corrected chi connectivity index (χ4v) is 1.38. The topological polar surface area (TPSA) is 83.8 Å². The van der Waals surface area contributed by atoms with Crippen molar-refractivity contribution in [2.45, 2.75) is 6.54 Å². The number of hydrogen-bond acceptors (Lipinski definition) is 3. The van der Waals surface area contributed by atoms with Crippen LogP contribution in [-0.2, 0) is 6.54 Å². The SMILES string of the molecule is Nc1cc(CNC(=O)c2cccc(F)c2)[nH]n1. The zero-order valence-electron chi connectivity index (χ0n) is 8.90. The van der Waals surface area contributed by atoms with Crippen LogP contribution in [0.5, 0.6) is 0 Å². The first-order valence-electron chi connectivity index (χ1n) is 4.98. The molecule has 0 saturated heterocycles. The molecule has 0 fully saturated rings. The van der Waals surface area contributed by atoms with Crippen LogP contribution in [0.4, 0.5) is 10.2 Å². The highest BCUT2D eigenvalue weighted by atomic mass is 19.1. The Kier molecular flexibility index (Phi) is 3.04. The number of H-pyrrole nitrogens is 1. The summed E-state index contributed by atoms with van der Waals surface area (Å²) < 4.78 is 12.9. The number of nitrogens with two attached hydrogens (primary N) is 1. The highest BCUT2D eigenvalue weighted by Gasteiger charge is 2.06. The number of amides is 1. The molecule has 17 heavy (non-hydrogen) atoms. The maximum atomic E-state index is 12.9. The van der Waals surface area contributed by atoms with Gasteiger partial charge in [0.2, 0.25) is 0 Å². The van der Waals surface area contributed by atoms with Crippen LogP contribution < -0.4 is 11.1 Å². The summed E-state index contributed by atoms with van der Waals surface area (Å²) in [5.74, 6) is -0.430. The Balaban J connectivity index is 1.98. The molecular formula is C11H11FN4O. The molecule has 88 valence electrons. The van der Waals surface area contributed by atoms with Gasteiger partial charge in [-0.1, -0.05) is 6.07 Å². The molecule has 0 unspecified atom stereocenters. The summed E-state index contributed by atoms with van der Waals surface area (Å²) in [6.07, 6.45) is 0. The zero-order valence-corrected chi connectivity index (χ0v) is 8.90. The standard InChI is InChI=1S/C11H11FN4O/c12-8-3-1-2-7(4-8)11(17)14-6-9-5-10(13)16-15-9/h1-5H,6H2,(H,14,17)(H3,13,15,16). The Hall–Kier alpha value is -2.37. The maximum absolute atomic E-state index is 12.9. The number of carbonyl (C=O) groups excluding carboxylic acids is 1. The van der Waals surface area contributed by atoms with E-state index >= 15 is 0 Å². The highest BCUT2D eigenvalue weighted by Crippen LogP contribution is 2.04. The summed E-state index contributed by atoms with van der Waals surface area (Å²) in [5.41, 5.74) is 6.37. The van der Waals surface area contributed by atoms with Gasteiger partial charge in [-0.15, -0.1) is 0 Å². The van der Waals surface area contributed by atoms with Crippen molar-refractivity contribution in [1.29, 1.82) is 0 Å².